The lowest BCUT2D eigenvalue weighted by atomic mass is 9.69. The van der Waals surface area contributed by atoms with Gasteiger partial charge >= 0.3 is 5.97 Å². The van der Waals surface area contributed by atoms with E-state index in [1.807, 2.05) is 12.1 Å². The third kappa shape index (κ3) is 6.51. The molecule has 0 radical (unpaired) electrons. The zero-order valence-corrected chi connectivity index (χ0v) is 23.7. The third-order valence-corrected chi connectivity index (χ3v) is 8.03. The minimum atomic E-state index is -1.50. The smallest absolute Gasteiger partial charge is 0.337 e. The molecule has 3 nitrogen and oxygen atoms in total. The van der Waals surface area contributed by atoms with Crippen LogP contribution in [0.3, 0.4) is 0 Å². The molecule has 198 valence electrons. The van der Waals surface area contributed by atoms with Crippen LogP contribution in [-0.4, -0.2) is 16.2 Å². The minimum absolute atomic E-state index is 0.0482. The first-order valence-electron chi connectivity index (χ1n) is 13.6. The molecule has 1 unspecified atom stereocenters. The standard InChI is InChI=1S/C34H44O3/c1-8-34(9-2,28-17-16-25(23(3)21-28)11-10-20-33(5,6)7)29-18-19-30(24(4)22-29)26-12-14-27(15-13-26)31(35)32(36)37/h12-19,21-22,31,35H,8-11,20H2,1-7H3,(H,36,37). The highest BCUT2D eigenvalue weighted by Gasteiger charge is 2.31. The highest BCUT2D eigenvalue weighted by atomic mass is 16.4. The van der Waals surface area contributed by atoms with Gasteiger partial charge in [-0.15, -0.1) is 0 Å². The Morgan fingerprint density at radius 3 is 1.89 bits per heavy atom. The number of aliphatic hydroxyl groups is 1. The molecule has 0 aliphatic rings. The van der Waals surface area contributed by atoms with Crippen molar-refractivity contribution in [2.75, 3.05) is 0 Å². The third-order valence-electron chi connectivity index (χ3n) is 8.03. The fourth-order valence-electron chi connectivity index (χ4n) is 5.59. The second-order valence-electron chi connectivity index (χ2n) is 11.7. The lowest BCUT2D eigenvalue weighted by molar-refractivity contribution is -0.146. The number of benzene rings is 3. The monoisotopic (exact) mass is 500 g/mol. The van der Waals surface area contributed by atoms with Gasteiger partial charge in [-0.1, -0.05) is 95.3 Å². The van der Waals surface area contributed by atoms with Crippen molar-refractivity contribution < 1.29 is 15.0 Å². The van der Waals surface area contributed by atoms with Crippen molar-refractivity contribution in [2.24, 2.45) is 5.41 Å². The highest BCUT2D eigenvalue weighted by molar-refractivity contribution is 5.75. The molecule has 0 aliphatic carbocycles. The molecule has 0 aliphatic heterocycles. The van der Waals surface area contributed by atoms with Gasteiger partial charge in [0.05, 0.1) is 0 Å². The number of aliphatic carboxylic acids is 1. The van der Waals surface area contributed by atoms with Crippen LogP contribution in [0, 0.1) is 19.3 Å². The van der Waals surface area contributed by atoms with E-state index < -0.39 is 12.1 Å². The maximum absolute atomic E-state index is 11.1. The second-order valence-corrected chi connectivity index (χ2v) is 11.7. The van der Waals surface area contributed by atoms with Crippen LogP contribution < -0.4 is 0 Å². The molecule has 0 saturated carbocycles. The molecule has 3 heteroatoms. The predicted molar refractivity (Wildman–Crippen MR) is 154 cm³/mol. The molecule has 0 aromatic heterocycles. The zero-order chi connectivity index (χ0) is 27.4. The number of rotatable bonds is 10. The van der Waals surface area contributed by atoms with Crippen LogP contribution in [0.4, 0.5) is 0 Å². The summed E-state index contributed by atoms with van der Waals surface area (Å²) in [5.41, 5.74) is 9.58. The van der Waals surface area contributed by atoms with E-state index in [2.05, 4.69) is 84.9 Å². The minimum Gasteiger partial charge on any atom is -0.479 e. The van der Waals surface area contributed by atoms with Crippen molar-refractivity contribution in [2.45, 2.75) is 92.1 Å². The topological polar surface area (TPSA) is 57.5 Å². The molecule has 3 rings (SSSR count). The Morgan fingerprint density at radius 1 is 0.838 bits per heavy atom. The van der Waals surface area contributed by atoms with Gasteiger partial charge in [-0.05, 0) is 95.9 Å². The molecule has 37 heavy (non-hydrogen) atoms. The molecule has 0 amide bonds. The molecule has 0 fully saturated rings. The molecule has 3 aromatic carbocycles. The Hall–Kier alpha value is -2.91. The van der Waals surface area contributed by atoms with Gasteiger partial charge in [0.1, 0.15) is 0 Å². The summed E-state index contributed by atoms with van der Waals surface area (Å²) in [6.45, 7) is 15.9. The normalized spacial score (nSPS) is 13.0. The van der Waals surface area contributed by atoms with Crippen LogP contribution in [0.2, 0.25) is 0 Å². The molecule has 0 heterocycles. The van der Waals surface area contributed by atoms with Gasteiger partial charge in [-0.2, -0.15) is 0 Å². The summed E-state index contributed by atoms with van der Waals surface area (Å²) >= 11 is 0. The fraction of sp³-hybridized carbons (Fsp3) is 0.441. The van der Waals surface area contributed by atoms with E-state index in [-0.39, 0.29) is 5.41 Å². The molecule has 3 aromatic rings. The van der Waals surface area contributed by atoms with E-state index in [0.717, 1.165) is 30.4 Å². The fourth-order valence-corrected chi connectivity index (χ4v) is 5.59. The number of carbonyl (C=O) groups is 1. The molecule has 0 bridgehead atoms. The number of hydrogen-bond acceptors (Lipinski definition) is 2. The Kier molecular flexibility index (Phi) is 9.02. The Balaban J connectivity index is 1.91. The van der Waals surface area contributed by atoms with Crippen molar-refractivity contribution in [3.63, 3.8) is 0 Å². The number of aliphatic hydroxyl groups excluding tert-OH is 1. The largest absolute Gasteiger partial charge is 0.479 e. The van der Waals surface area contributed by atoms with Crippen LogP contribution in [0.15, 0.2) is 60.7 Å². The van der Waals surface area contributed by atoms with Gasteiger partial charge in [-0.25, -0.2) is 4.79 Å². The van der Waals surface area contributed by atoms with Crippen LogP contribution in [0.1, 0.15) is 99.8 Å². The van der Waals surface area contributed by atoms with E-state index in [4.69, 9.17) is 5.11 Å². The van der Waals surface area contributed by atoms with E-state index in [0.29, 0.717) is 11.0 Å². The quantitative estimate of drug-likeness (QED) is 0.293. The summed E-state index contributed by atoms with van der Waals surface area (Å²) in [7, 11) is 0. The SMILES string of the molecule is CCC(CC)(c1ccc(CCCC(C)(C)C)c(C)c1)c1ccc(-c2ccc(C(O)C(=O)O)cc2)c(C)c1. The summed E-state index contributed by atoms with van der Waals surface area (Å²) in [5.74, 6) is -1.24. The first kappa shape index (κ1) is 28.7. The van der Waals surface area contributed by atoms with Gasteiger partial charge in [-0.3, -0.25) is 0 Å². The van der Waals surface area contributed by atoms with Gasteiger partial charge in [0, 0.05) is 5.41 Å². The van der Waals surface area contributed by atoms with E-state index >= 15 is 0 Å². The summed E-state index contributed by atoms with van der Waals surface area (Å²) in [6.07, 6.45) is 4.12. The van der Waals surface area contributed by atoms with Crippen molar-refractivity contribution in [1.82, 2.24) is 0 Å². The van der Waals surface area contributed by atoms with Gasteiger partial charge in [0.2, 0.25) is 0 Å². The van der Waals surface area contributed by atoms with Crippen LogP contribution in [0.25, 0.3) is 11.1 Å². The molecule has 0 saturated heterocycles. The van der Waals surface area contributed by atoms with E-state index in [9.17, 15) is 9.90 Å². The van der Waals surface area contributed by atoms with Gasteiger partial charge in [0.15, 0.2) is 6.10 Å². The zero-order valence-electron chi connectivity index (χ0n) is 23.7. The maximum Gasteiger partial charge on any atom is 0.337 e. The molecule has 1 atom stereocenters. The van der Waals surface area contributed by atoms with E-state index in [1.54, 1.807) is 12.1 Å². The van der Waals surface area contributed by atoms with Crippen molar-refractivity contribution in [3.8, 4) is 11.1 Å². The number of aryl methyl sites for hydroxylation is 3. The van der Waals surface area contributed by atoms with Crippen molar-refractivity contribution in [3.05, 3.63) is 94.0 Å². The number of carboxylic acids is 1. The summed E-state index contributed by atoms with van der Waals surface area (Å²) in [5, 5.41) is 18.9. The average Bonchev–Trinajstić information content (AvgIpc) is 2.85. The van der Waals surface area contributed by atoms with Gasteiger partial charge in [0.25, 0.3) is 0 Å². The van der Waals surface area contributed by atoms with Crippen LogP contribution in [-0.2, 0) is 16.6 Å². The highest BCUT2D eigenvalue weighted by Crippen LogP contribution is 2.41. The molecular formula is C34H44O3. The lowest BCUT2D eigenvalue weighted by Gasteiger charge is -2.34. The second kappa shape index (κ2) is 11.6. The lowest BCUT2D eigenvalue weighted by Crippen LogP contribution is -2.26. The number of hydrogen-bond donors (Lipinski definition) is 2. The summed E-state index contributed by atoms with van der Waals surface area (Å²) in [6, 6.07) is 21.0. The van der Waals surface area contributed by atoms with Crippen LogP contribution in [0.5, 0.6) is 0 Å². The Morgan fingerprint density at radius 2 is 1.41 bits per heavy atom. The van der Waals surface area contributed by atoms with Crippen LogP contribution >= 0.6 is 0 Å². The van der Waals surface area contributed by atoms with E-state index in [1.165, 1.54) is 40.7 Å². The maximum atomic E-state index is 11.1. The first-order chi connectivity index (χ1) is 17.4. The van der Waals surface area contributed by atoms with Crippen molar-refractivity contribution >= 4 is 5.97 Å². The Bertz CT molecular complexity index is 1210. The van der Waals surface area contributed by atoms with Crippen molar-refractivity contribution in [1.29, 1.82) is 0 Å². The molecular weight excluding hydrogens is 456 g/mol. The predicted octanol–water partition coefficient (Wildman–Crippen LogP) is 8.56. The average molecular weight is 501 g/mol. The number of carboxylic acid groups (broad SMARTS) is 1. The van der Waals surface area contributed by atoms with Gasteiger partial charge < -0.3 is 10.2 Å². The molecule has 0 spiro atoms. The first-order valence-corrected chi connectivity index (χ1v) is 13.6. The summed E-state index contributed by atoms with van der Waals surface area (Å²) < 4.78 is 0. The Labute approximate surface area is 223 Å². The summed E-state index contributed by atoms with van der Waals surface area (Å²) in [4.78, 5) is 11.1. The molecule has 2 N–H and O–H groups in total.